The van der Waals surface area contributed by atoms with E-state index in [1.807, 2.05) is 6.92 Å². The predicted molar refractivity (Wildman–Crippen MR) is 68.9 cm³/mol. The Morgan fingerprint density at radius 2 is 1.94 bits per heavy atom. The zero-order valence-electron chi connectivity index (χ0n) is 10.5. The molecule has 0 aliphatic carbocycles. The van der Waals surface area contributed by atoms with Crippen LogP contribution in [0.1, 0.15) is 13.3 Å². The molecule has 18 heavy (non-hydrogen) atoms. The van der Waals surface area contributed by atoms with Crippen LogP contribution in [0.15, 0.2) is 29.2 Å². The quantitative estimate of drug-likeness (QED) is 0.882. The molecular weight excluding hydrogens is 252 g/mol. The third-order valence-electron chi connectivity index (χ3n) is 3.42. The number of rotatable bonds is 3. The van der Waals surface area contributed by atoms with E-state index in [0.29, 0.717) is 18.7 Å². The highest BCUT2D eigenvalue weighted by atomic mass is 32.2. The van der Waals surface area contributed by atoms with Gasteiger partial charge in [0.15, 0.2) is 0 Å². The van der Waals surface area contributed by atoms with Gasteiger partial charge in [-0.2, -0.15) is 4.31 Å². The van der Waals surface area contributed by atoms with E-state index in [-0.39, 0.29) is 17.0 Å². The van der Waals surface area contributed by atoms with Gasteiger partial charge in [-0.3, -0.25) is 0 Å². The van der Waals surface area contributed by atoms with Crippen molar-refractivity contribution in [3.8, 4) is 5.75 Å². The Hall–Kier alpha value is -1.11. The standard InChI is InChI=1S/C12H18N2O3S/c1-9-12(13)7-8-14(9)18(15,16)11-5-3-10(17-2)4-6-11/h3-6,9,12H,7-8,13H2,1-2H3. The van der Waals surface area contributed by atoms with Gasteiger partial charge in [0.2, 0.25) is 10.0 Å². The zero-order valence-corrected chi connectivity index (χ0v) is 11.4. The summed E-state index contributed by atoms with van der Waals surface area (Å²) >= 11 is 0. The van der Waals surface area contributed by atoms with Gasteiger partial charge in [0, 0.05) is 18.6 Å². The molecule has 0 aromatic heterocycles. The summed E-state index contributed by atoms with van der Waals surface area (Å²) in [7, 11) is -1.90. The minimum absolute atomic E-state index is 0.0852. The molecule has 2 N–H and O–H groups in total. The topological polar surface area (TPSA) is 72.6 Å². The van der Waals surface area contributed by atoms with Gasteiger partial charge in [0.25, 0.3) is 0 Å². The smallest absolute Gasteiger partial charge is 0.243 e. The van der Waals surface area contributed by atoms with Crippen LogP contribution in [0.5, 0.6) is 5.75 Å². The summed E-state index contributed by atoms with van der Waals surface area (Å²) in [4.78, 5) is 0.282. The minimum Gasteiger partial charge on any atom is -0.497 e. The third kappa shape index (κ3) is 2.23. The molecule has 0 spiro atoms. The molecule has 5 nitrogen and oxygen atoms in total. The predicted octanol–water partition coefficient (Wildman–Crippen LogP) is 0.805. The Kier molecular flexibility index (Phi) is 3.61. The van der Waals surface area contributed by atoms with E-state index in [1.54, 1.807) is 31.4 Å². The van der Waals surface area contributed by atoms with Crippen molar-refractivity contribution in [3.05, 3.63) is 24.3 Å². The van der Waals surface area contributed by atoms with Gasteiger partial charge in [0.05, 0.1) is 12.0 Å². The van der Waals surface area contributed by atoms with Gasteiger partial charge in [-0.05, 0) is 37.6 Å². The summed E-state index contributed by atoms with van der Waals surface area (Å²) in [5, 5.41) is 0. The Balaban J connectivity index is 2.30. The highest BCUT2D eigenvalue weighted by molar-refractivity contribution is 7.89. The molecule has 1 aromatic rings. The fourth-order valence-electron chi connectivity index (χ4n) is 2.16. The fraction of sp³-hybridized carbons (Fsp3) is 0.500. The summed E-state index contributed by atoms with van der Waals surface area (Å²) in [6.45, 7) is 2.33. The first-order valence-corrected chi connectivity index (χ1v) is 7.32. The fourth-order valence-corrected chi connectivity index (χ4v) is 3.85. The average Bonchev–Trinajstić information content (AvgIpc) is 2.70. The van der Waals surface area contributed by atoms with Crippen LogP contribution in [0.3, 0.4) is 0 Å². The monoisotopic (exact) mass is 270 g/mol. The van der Waals surface area contributed by atoms with Gasteiger partial charge in [-0.25, -0.2) is 8.42 Å². The second kappa shape index (κ2) is 4.87. The highest BCUT2D eigenvalue weighted by Crippen LogP contribution is 2.26. The van der Waals surface area contributed by atoms with Gasteiger partial charge in [-0.15, -0.1) is 0 Å². The lowest BCUT2D eigenvalue weighted by Gasteiger charge is -2.22. The molecule has 1 aliphatic rings. The number of ether oxygens (including phenoxy) is 1. The molecular formula is C12H18N2O3S. The Morgan fingerprint density at radius 1 is 1.33 bits per heavy atom. The lowest BCUT2D eigenvalue weighted by molar-refractivity contribution is 0.392. The van der Waals surface area contributed by atoms with E-state index in [2.05, 4.69) is 0 Å². The number of nitrogens with two attached hydrogens (primary N) is 1. The maximum atomic E-state index is 12.4. The van der Waals surface area contributed by atoms with Gasteiger partial charge >= 0.3 is 0 Å². The molecule has 2 atom stereocenters. The third-order valence-corrected chi connectivity index (χ3v) is 5.42. The molecule has 0 bridgehead atoms. The van der Waals surface area contributed by atoms with Crippen LogP contribution >= 0.6 is 0 Å². The van der Waals surface area contributed by atoms with Crippen LogP contribution < -0.4 is 10.5 Å². The van der Waals surface area contributed by atoms with Crippen LogP contribution in [0.4, 0.5) is 0 Å². The molecule has 0 amide bonds. The van der Waals surface area contributed by atoms with Crippen LogP contribution in [-0.2, 0) is 10.0 Å². The molecule has 1 saturated heterocycles. The summed E-state index contributed by atoms with van der Waals surface area (Å²) in [6.07, 6.45) is 0.705. The second-order valence-corrected chi connectivity index (χ2v) is 6.37. The zero-order chi connectivity index (χ0) is 13.3. The van der Waals surface area contributed by atoms with Crippen molar-refractivity contribution >= 4 is 10.0 Å². The van der Waals surface area contributed by atoms with E-state index >= 15 is 0 Å². The molecule has 1 aromatic carbocycles. The summed E-state index contributed by atoms with van der Waals surface area (Å²) < 4.78 is 31.3. The highest BCUT2D eigenvalue weighted by Gasteiger charge is 2.37. The SMILES string of the molecule is COc1ccc(S(=O)(=O)N2CCC(N)C2C)cc1. The lowest BCUT2D eigenvalue weighted by atomic mass is 10.2. The van der Waals surface area contributed by atoms with Crippen molar-refractivity contribution in [1.82, 2.24) is 4.31 Å². The van der Waals surface area contributed by atoms with E-state index < -0.39 is 10.0 Å². The van der Waals surface area contributed by atoms with Crippen LogP contribution in [-0.4, -0.2) is 38.5 Å². The molecule has 1 heterocycles. The van der Waals surface area contributed by atoms with E-state index in [4.69, 9.17) is 10.5 Å². The number of benzene rings is 1. The molecule has 2 unspecified atom stereocenters. The number of methoxy groups -OCH3 is 1. The van der Waals surface area contributed by atoms with E-state index in [9.17, 15) is 8.42 Å². The van der Waals surface area contributed by atoms with E-state index in [0.717, 1.165) is 0 Å². The van der Waals surface area contributed by atoms with E-state index in [1.165, 1.54) is 4.31 Å². The van der Waals surface area contributed by atoms with Gasteiger partial charge in [0.1, 0.15) is 5.75 Å². The van der Waals surface area contributed by atoms with Gasteiger partial charge in [-0.1, -0.05) is 0 Å². The van der Waals surface area contributed by atoms with Crippen molar-refractivity contribution < 1.29 is 13.2 Å². The molecule has 0 saturated carbocycles. The summed E-state index contributed by atoms with van der Waals surface area (Å²) in [5.74, 6) is 0.639. The maximum Gasteiger partial charge on any atom is 0.243 e. The minimum atomic E-state index is -3.45. The normalized spacial score (nSPS) is 25.3. The molecule has 6 heteroatoms. The summed E-state index contributed by atoms with van der Waals surface area (Å²) in [5.41, 5.74) is 5.86. The molecule has 1 aliphatic heterocycles. The van der Waals surface area contributed by atoms with Crippen LogP contribution in [0, 0.1) is 0 Å². The van der Waals surface area contributed by atoms with Crippen molar-refractivity contribution in [2.75, 3.05) is 13.7 Å². The second-order valence-electron chi connectivity index (χ2n) is 4.48. The maximum absolute atomic E-state index is 12.4. The van der Waals surface area contributed by atoms with Crippen molar-refractivity contribution in [1.29, 1.82) is 0 Å². The first kappa shape index (κ1) is 13.3. The van der Waals surface area contributed by atoms with Crippen molar-refractivity contribution in [2.45, 2.75) is 30.3 Å². The number of sulfonamides is 1. The van der Waals surface area contributed by atoms with Crippen molar-refractivity contribution in [2.24, 2.45) is 5.73 Å². The Labute approximate surface area is 108 Å². The average molecular weight is 270 g/mol. The largest absolute Gasteiger partial charge is 0.497 e. The number of nitrogens with zero attached hydrogens (tertiary/aromatic N) is 1. The lowest BCUT2D eigenvalue weighted by Crippen LogP contribution is -2.40. The molecule has 0 radical (unpaired) electrons. The van der Waals surface area contributed by atoms with Gasteiger partial charge < -0.3 is 10.5 Å². The number of hydrogen-bond acceptors (Lipinski definition) is 4. The number of hydrogen-bond donors (Lipinski definition) is 1. The molecule has 100 valence electrons. The first-order valence-electron chi connectivity index (χ1n) is 5.88. The van der Waals surface area contributed by atoms with Crippen LogP contribution in [0.25, 0.3) is 0 Å². The first-order chi connectivity index (χ1) is 8.46. The molecule has 2 rings (SSSR count). The summed E-state index contributed by atoms with van der Waals surface area (Å²) in [6, 6.07) is 6.17. The Bertz CT molecular complexity index is 513. The van der Waals surface area contributed by atoms with Crippen molar-refractivity contribution in [3.63, 3.8) is 0 Å². The Morgan fingerprint density at radius 3 is 2.39 bits per heavy atom. The molecule has 1 fully saturated rings. The van der Waals surface area contributed by atoms with Crippen LogP contribution in [0.2, 0.25) is 0 Å².